The number of aryl methyl sites for hydroxylation is 1. The van der Waals surface area contributed by atoms with Gasteiger partial charge in [0.15, 0.2) is 17.4 Å². The second-order valence-corrected chi connectivity index (χ2v) is 10.6. The van der Waals surface area contributed by atoms with Crippen LogP contribution in [-0.2, 0) is 23.1 Å². The second kappa shape index (κ2) is 10.6. The van der Waals surface area contributed by atoms with Gasteiger partial charge in [0.1, 0.15) is 36.7 Å². The van der Waals surface area contributed by atoms with Crippen LogP contribution < -0.4 is 22.5 Å². The Kier molecular flexibility index (Phi) is 7.50. The Morgan fingerprint density at radius 2 is 1.85 bits per heavy atom. The highest BCUT2D eigenvalue weighted by Gasteiger charge is 2.50. The lowest BCUT2D eigenvalue weighted by molar-refractivity contribution is -0.0561. The fourth-order valence-electron chi connectivity index (χ4n) is 4.65. The standard InChI is InChI=1S/C20H26N7O12P/c1-7-3-26(20(33)25-16(7)31)11-2-8(9(4-28)36-11)38-40(34,35)39-14-10(5-29)37-18(13(14)30)27-6-22-12-15(27)23-19(21)24-17(12)32/h3,6,8-11,13-14,18,28-30H,2,4-5H2,1H3,(H,34,35)(H,25,31,33)(H3,21,23,24,32)/t8-,9+,10+,11+,13+,14+,18+/m0/s1. The molecule has 3 aromatic rings. The van der Waals surface area contributed by atoms with E-state index < -0.39 is 80.8 Å². The summed E-state index contributed by atoms with van der Waals surface area (Å²) in [4.78, 5) is 58.8. The summed E-state index contributed by atoms with van der Waals surface area (Å²) in [5.41, 5.74) is 3.59. The minimum atomic E-state index is -5.05. The van der Waals surface area contributed by atoms with Crippen LogP contribution in [0.5, 0.6) is 0 Å². The van der Waals surface area contributed by atoms with E-state index in [-0.39, 0.29) is 29.1 Å². The smallest absolute Gasteiger partial charge is 0.394 e. The number of nitrogen functional groups attached to an aromatic ring is 1. The number of H-pyrrole nitrogens is 2. The molecule has 1 unspecified atom stereocenters. The Morgan fingerprint density at radius 3 is 2.55 bits per heavy atom. The maximum Gasteiger partial charge on any atom is 0.473 e. The number of aromatic amines is 2. The van der Waals surface area contributed by atoms with Crippen molar-refractivity contribution in [2.45, 2.75) is 56.3 Å². The van der Waals surface area contributed by atoms with E-state index in [1.54, 1.807) is 0 Å². The zero-order valence-corrected chi connectivity index (χ0v) is 21.6. The van der Waals surface area contributed by atoms with Crippen LogP contribution in [0.3, 0.4) is 0 Å². The fourth-order valence-corrected chi connectivity index (χ4v) is 5.83. The maximum absolute atomic E-state index is 13.0. The van der Waals surface area contributed by atoms with Gasteiger partial charge in [0.25, 0.3) is 11.1 Å². The average Bonchev–Trinajstić information content (AvgIpc) is 3.57. The minimum Gasteiger partial charge on any atom is -0.394 e. The van der Waals surface area contributed by atoms with E-state index in [0.29, 0.717) is 0 Å². The van der Waals surface area contributed by atoms with Crippen molar-refractivity contribution in [3.8, 4) is 0 Å². The molecular weight excluding hydrogens is 561 g/mol. The van der Waals surface area contributed by atoms with Crippen molar-refractivity contribution in [2.24, 2.45) is 0 Å². The van der Waals surface area contributed by atoms with E-state index in [9.17, 15) is 39.2 Å². The number of nitrogens with two attached hydrogens (primary N) is 1. The SMILES string of the molecule is Cc1cn([C@H]2C[C@H](OP(=O)(O)O[C@H]3[C@@H](O)[C@H](n4cnc5c(=O)[nH]c(N)nc54)O[C@@H]3CO)[C@@H](CO)O2)c(=O)[nH]c1=O. The zero-order valence-electron chi connectivity index (χ0n) is 20.7. The maximum atomic E-state index is 13.0. The number of rotatable bonds is 8. The van der Waals surface area contributed by atoms with Gasteiger partial charge in [-0.15, -0.1) is 0 Å². The van der Waals surface area contributed by atoms with Crippen LogP contribution in [0.2, 0.25) is 0 Å². The van der Waals surface area contributed by atoms with Crippen molar-refractivity contribution in [1.82, 2.24) is 29.1 Å². The Balaban J connectivity index is 1.34. The molecule has 0 saturated carbocycles. The van der Waals surface area contributed by atoms with Crippen LogP contribution >= 0.6 is 7.82 Å². The molecule has 0 radical (unpaired) electrons. The molecule has 5 rings (SSSR count). The second-order valence-electron chi connectivity index (χ2n) is 9.22. The molecule has 0 bridgehead atoms. The Morgan fingerprint density at radius 1 is 1.12 bits per heavy atom. The lowest BCUT2D eigenvalue weighted by Gasteiger charge is -2.25. The monoisotopic (exact) mass is 587 g/mol. The Hall–Kier alpha value is -3.26. The third kappa shape index (κ3) is 5.14. The molecule has 0 amide bonds. The normalized spacial score (nSPS) is 30.2. The summed E-state index contributed by atoms with van der Waals surface area (Å²) in [6, 6.07) is 0. The quantitative estimate of drug-likeness (QED) is 0.129. The Bertz CT molecular complexity index is 1630. The average molecular weight is 587 g/mol. The van der Waals surface area contributed by atoms with Gasteiger partial charge >= 0.3 is 13.5 Å². The van der Waals surface area contributed by atoms with E-state index in [1.807, 2.05) is 0 Å². The topological polar surface area (TPSA) is 279 Å². The third-order valence-corrected chi connectivity index (χ3v) is 7.60. The van der Waals surface area contributed by atoms with Crippen LogP contribution in [0, 0.1) is 6.92 Å². The number of fused-ring (bicyclic) bond motifs is 1. The molecule has 8 N–H and O–H groups in total. The number of phosphoric acid groups is 1. The van der Waals surface area contributed by atoms with E-state index in [1.165, 1.54) is 13.1 Å². The van der Waals surface area contributed by atoms with Gasteiger partial charge in [-0.05, 0) is 6.92 Å². The van der Waals surface area contributed by atoms with E-state index in [2.05, 4.69) is 19.9 Å². The van der Waals surface area contributed by atoms with Crippen LogP contribution in [0.25, 0.3) is 11.2 Å². The van der Waals surface area contributed by atoms with Crippen LogP contribution in [0.4, 0.5) is 5.95 Å². The van der Waals surface area contributed by atoms with Gasteiger partial charge < -0.3 is 35.4 Å². The van der Waals surface area contributed by atoms with Gasteiger partial charge in [-0.1, -0.05) is 0 Å². The molecule has 8 atom stereocenters. The highest BCUT2D eigenvalue weighted by atomic mass is 31.2. The first-order chi connectivity index (χ1) is 18.9. The number of phosphoric ester groups is 1. The first kappa shape index (κ1) is 28.3. The van der Waals surface area contributed by atoms with Gasteiger partial charge in [0.2, 0.25) is 5.95 Å². The molecule has 19 nitrogen and oxygen atoms in total. The summed E-state index contributed by atoms with van der Waals surface area (Å²) in [6.45, 7) is 0.0631. The molecule has 0 aromatic carbocycles. The van der Waals surface area contributed by atoms with Crippen LogP contribution in [-0.4, -0.2) is 93.0 Å². The number of aliphatic hydroxyl groups excluding tert-OH is 3. The van der Waals surface area contributed by atoms with Gasteiger partial charge in [-0.2, -0.15) is 4.98 Å². The predicted octanol–water partition coefficient (Wildman–Crippen LogP) is -3.04. The number of anilines is 1. The lowest BCUT2D eigenvalue weighted by atomic mass is 10.1. The van der Waals surface area contributed by atoms with Gasteiger partial charge in [-0.3, -0.25) is 37.7 Å². The molecule has 2 fully saturated rings. The number of imidazole rings is 1. The van der Waals surface area contributed by atoms with E-state index in [0.717, 1.165) is 15.5 Å². The summed E-state index contributed by atoms with van der Waals surface area (Å²) >= 11 is 0. The number of ether oxygens (including phenoxy) is 2. The van der Waals surface area contributed by atoms with E-state index >= 15 is 0 Å². The summed E-state index contributed by atoms with van der Waals surface area (Å²) in [6.07, 6.45) is -7.29. The molecule has 3 aromatic heterocycles. The van der Waals surface area contributed by atoms with Gasteiger partial charge in [-0.25, -0.2) is 14.3 Å². The first-order valence-corrected chi connectivity index (χ1v) is 13.4. The van der Waals surface area contributed by atoms with E-state index in [4.69, 9.17) is 24.3 Å². The third-order valence-electron chi connectivity index (χ3n) is 6.55. The highest BCUT2D eigenvalue weighted by molar-refractivity contribution is 7.47. The number of nitrogens with one attached hydrogen (secondary N) is 2. The van der Waals surface area contributed by atoms with Crippen LogP contribution in [0.1, 0.15) is 24.4 Å². The predicted molar refractivity (Wildman–Crippen MR) is 131 cm³/mol. The van der Waals surface area contributed by atoms with Crippen LogP contribution in [0.15, 0.2) is 26.9 Å². The Labute approximate surface area is 222 Å². The molecule has 2 aliphatic rings. The molecule has 2 aliphatic heterocycles. The number of aliphatic hydroxyl groups is 3. The summed E-state index contributed by atoms with van der Waals surface area (Å²) in [5.74, 6) is -0.235. The van der Waals surface area contributed by atoms with Gasteiger partial charge in [0, 0.05) is 18.2 Å². The van der Waals surface area contributed by atoms with Crippen molar-refractivity contribution in [3.05, 3.63) is 49.3 Å². The molecule has 20 heteroatoms. The summed E-state index contributed by atoms with van der Waals surface area (Å²) in [7, 11) is -5.05. The minimum absolute atomic E-state index is 0.0567. The van der Waals surface area contributed by atoms with Crippen molar-refractivity contribution < 1.29 is 43.3 Å². The number of aromatic nitrogens is 6. The van der Waals surface area contributed by atoms with Crippen molar-refractivity contribution in [2.75, 3.05) is 18.9 Å². The molecular formula is C20H26N7O12P. The fraction of sp³-hybridized carbons (Fsp3) is 0.550. The summed E-state index contributed by atoms with van der Waals surface area (Å²) in [5, 5.41) is 30.5. The number of hydrogen-bond donors (Lipinski definition) is 7. The lowest BCUT2D eigenvalue weighted by Crippen LogP contribution is -2.36. The number of nitrogens with zero attached hydrogens (tertiary/aromatic N) is 4. The highest BCUT2D eigenvalue weighted by Crippen LogP contribution is 2.51. The molecule has 5 heterocycles. The largest absolute Gasteiger partial charge is 0.473 e. The molecule has 40 heavy (non-hydrogen) atoms. The molecule has 0 spiro atoms. The zero-order chi connectivity index (χ0) is 28.9. The first-order valence-electron chi connectivity index (χ1n) is 11.9. The molecule has 0 aliphatic carbocycles. The van der Waals surface area contributed by atoms with Gasteiger partial charge in [0.05, 0.1) is 19.5 Å². The van der Waals surface area contributed by atoms with Crippen molar-refractivity contribution in [3.63, 3.8) is 0 Å². The molecule has 218 valence electrons. The summed E-state index contributed by atoms with van der Waals surface area (Å²) < 4.78 is 36.9. The number of hydrogen-bond acceptors (Lipinski definition) is 14. The molecule has 2 saturated heterocycles. The van der Waals surface area contributed by atoms with Crippen molar-refractivity contribution in [1.29, 1.82) is 0 Å². The van der Waals surface area contributed by atoms with Crippen molar-refractivity contribution >= 4 is 24.9 Å².